The standard InChI is InChI=1S/C19H28N4O2.ClH/c20-17-8-4-5-14(17)13-18(24)21-16-9-11-23(12-10-16)19(25)22-15-6-2-1-3-7-15;/h1-3,6-7,14,16-17H,4-5,8-13,20H2,(H,21,24)(H,22,25);1H/t14-,17+;/m0./s1. The van der Waals surface area contributed by atoms with Crippen LogP contribution in [0.5, 0.6) is 0 Å². The molecule has 3 amide bonds. The van der Waals surface area contributed by atoms with Crippen LogP contribution in [0, 0.1) is 5.92 Å². The zero-order chi connectivity index (χ0) is 17.6. The number of carbonyl (C=O) groups excluding carboxylic acids is 2. The Bertz CT molecular complexity index is 590. The SMILES string of the molecule is Cl.N[C@@H]1CCC[C@H]1CC(=O)NC1CCN(C(=O)Nc2ccccc2)CC1. The minimum absolute atomic E-state index is 0. The maximum absolute atomic E-state index is 12.3. The van der Waals surface area contributed by atoms with Gasteiger partial charge >= 0.3 is 6.03 Å². The van der Waals surface area contributed by atoms with Crippen LogP contribution in [0.2, 0.25) is 0 Å². The molecule has 0 unspecified atom stereocenters. The fraction of sp³-hybridized carbons (Fsp3) is 0.579. The number of hydrogen-bond acceptors (Lipinski definition) is 3. The number of urea groups is 1. The Morgan fingerprint density at radius 1 is 1.08 bits per heavy atom. The third kappa shape index (κ3) is 5.61. The lowest BCUT2D eigenvalue weighted by atomic mass is 9.98. The molecule has 3 rings (SSSR count). The molecule has 1 saturated heterocycles. The van der Waals surface area contributed by atoms with Crippen molar-refractivity contribution in [2.24, 2.45) is 11.7 Å². The topological polar surface area (TPSA) is 87.5 Å². The highest BCUT2D eigenvalue weighted by atomic mass is 35.5. The molecule has 7 heteroatoms. The molecule has 6 nitrogen and oxygen atoms in total. The number of likely N-dealkylation sites (tertiary alicyclic amines) is 1. The van der Waals surface area contributed by atoms with Gasteiger partial charge in [0, 0.05) is 37.3 Å². The van der Waals surface area contributed by atoms with Crippen molar-refractivity contribution in [3.63, 3.8) is 0 Å². The number of nitrogens with one attached hydrogen (secondary N) is 2. The van der Waals surface area contributed by atoms with E-state index < -0.39 is 0 Å². The van der Waals surface area contributed by atoms with Gasteiger partial charge < -0.3 is 21.3 Å². The number of para-hydroxylation sites is 1. The lowest BCUT2D eigenvalue weighted by molar-refractivity contribution is -0.123. The molecule has 1 saturated carbocycles. The van der Waals surface area contributed by atoms with Crippen molar-refractivity contribution in [2.75, 3.05) is 18.4 Å². The van der Waals surface area contributed by atoms with Crippen LogP contribution in [-0.2, 0) is 4.79 Å². The molecule has 0 bridgehead atoms. The number of piperidine rings is 1. The van der Waals surface area contributed by atoms with Crippen molar-refractivity contribution in [1.82, 2.24) is 10.2 Å². The summed E-state index contributed by atoms with van der Waals surface area (Å²) in [5.41, 5.74) is 6.85. The third-order valence-corrected chi connectivity index (χ3v) is 5.34. The maximum atomic E-state index is 12.3. The third-order valence-electron chi connectivity index (χ3n) is 5.34. The summed E-state index contributed by atoms with van der Waals surface area (Å²) in [6, 6.07) is 9.72. The monoisotopic (exact) mass is 380 g/mol. The van der Waals surface area contributed by atoms with Gasteiger partial charge in [0.05, 0.1) is 0 Å². The van der Waals surface area contributed by atoms with Crippen LogP contribution >= 0.6 is 12.4 Å². The molecule has 0 spiro atoms. The van der Waals surface area contributed by atoms with Crippen LogP contribution in [-0.4, -0.2) is 42.0 Å². The number of hydrogen-bond donors (Lipinski definition) is 3. The van der Waals surface area contributed by atoms with Crippen LogP contribution < -0.4 is 16.4 Å². The van der Waals surface area contributed by atoms with Crippen molar-refractivity contribution in [3.05, 3.63) is 30.3 Å². The minimum Gasteiger partial charge on any atom is -0.353 e. The van der Waals surface area contributed by atoms with Gasteiger partial charge in [-0.1, -0.05) is 24.6 Å². The predicted octanol–water partition coefficient (Wildman–Crippen LogP) is 2.74. The highest BCUT2D eigenvalue weighted by Gasteiger charge is 2.28. The summed E-state index contributed by atoms with van der Waals surface area (Å²) in [4.78, 5) is 26.3. The van der Waals surface area contributed by atoms with Crippen LogP contribution in [0.15, 0.2) is 30.3 Å². The van der Waals surface area contributed by atoms with Crippen molar-refractivity contribution in [3.8, 4) is 0 Å². The van der Waals surface area contributed by atoms with Gasteiger partial charge in [0.25, 0.3) is 0 Å². The first-order valence-corrected chi connectivity index (χ1v) is 9.28. The van der Waals surface area contributed by atoms with E-state index in [9.17, 15) is 9.59 Å². The first-order valence-electron chi connectivity index (χ1n) is 9.28. The minimum atomic E-state index is -0.0760. The largest absolute Gasteiger partial charge is 0.353 e. The van der Waals surface area contributed by atoms with E-state index in [0.29, 0.717) is 25.4 Å². The molecule has 1 aliphatic carbocycles. The van der Waals surface area contributed by atoms with Crippen molar-refractivity contribution in [1.29, 1.82) is 0 Å². The van der Waals surface area contributed by atoms with E-state index in [-0.39, 0.29) is 36.4 Å². The van der Waals surface area contributed by atoms with Gasteiger partial charge in [0.2, 0.25) is 5.91 Å². The van der Waals surface area contributed by atoms with Crippen molar-refractivity contribution >= 4 is 30.0 Å². The molecule has 2 aliphatic rings. The maximum Gasteiger partial charge on any atom is 0.321 e. The summed E-state index contributed by atoms with van der Waals surface area (Å²) in [5, 5.41) is 6.03. The number of carbonyl (C=O) groups is 2. The van der Waals surface area contributed by atoms with Gasteiger partial charge in [0.1, 0.15) is 0 Å². The Labute approximate surface area is 161 Å². The van der Waals surface area contributed by atoms with E-state index in [0.717, 1.165) is 37.8 Å². The average molecular weight is 381 g/mol. The first-order chi connectivity index (χ1) is 12.1. The van der Waals surface area contributed by atoms with Gasteiger partial charge in [0.15, 0.2) is 0 Å². The summed E-state index contributed by atoms with van der Waals surface area (Å²) >= 11 is 0. The van der Waals surface area contributed by atoms with Gasteiger partial charge in [-0.25, -0.2) is 4.79 Å². The van der Waals surface area contributed by atoms with E-state index in [1.807, 2.05) is 35.2 Å². The summed E-state index contributed by atoms with van der Waals surface area (Å²) in [5.74, 6) is 0.436. The molecule has 1 heterocycles. The van der Waals surface area contributed by atoms with Gasteiger partial charge in [-0.3, -0.25) is 4.79 Å². The second kappa shape index (κ2) is 9.78. The fourth-order valence-corrected chi connectivity index (χ4v) is 3.79. The van der Waals surface area contributed by atoms with E-state index in [1.165, 1.54) is 0 Å². The molecular weight excluding hydrogens is 352 g/mol. The number of nitrogens with zero attached hydrogens (tertiary/aromatic N) is 1. The summed E-state index contributed by atoms with van der Waals surface area (Å²) in [6.45, 7) is 1.32. The Hall–Kier alpha value is -1.79. The van der Waals surface area contributed by atoms with E-state index >= 15 is 0 Å². The number of amides is 3. The normalized spacial score (nSPS) is 23.2. The second-order valence-corrected chi connectivity index (χ2v) is 7.18. The first kappa shape index (κ1) is 20.5. The smallest absolute Gasteiger partial charge is 0.321 e. The summed E-state index contributed by atoms with van der Waals surface area (Å²) in [6.07, 6.45) is 5.36. The predicted molar refractivity (Wildman–Crippen MR) is 105 cm³/mol. The molecular formula is C19H29ClN4O2. The van der Waals surface area contributed by atoms with Crippen LogP contribution in [0.1, 0.15) is 38.5 Å². The Kier molecular flexibility index (Phi) is 7.72. The van der Waals surface area contributed by atoms with Crippen LogP contribution in [0.3, 0.4) is 0 Å². The number of anilines is 1. The molecule has 1 aliphatic heterocycles. The second-order valence-electron chi connectivity index (χ2n) is 7.18. The average Bonchev–Trinajstić information content (AvgIpc) is 3.01. The number of benzene rings is 1. The number of rotatable bonds is 4. The summed E-state index contributed by atoms with van der Waals surface area (Å²) < 4.78 is 0. The Balaban J connectivity index is 0.00000243. The fourth-order valence-electron chi connectivity index (χ4n) is 3.79. The molecule has 1 aromatic carbocycles. The highest BCUT2D eigenvalue weighted by Crippen LogP contribution is 2.26. The van der Waals surface area contributed by atoms with Gasteiger partial charge in [-0.05, 0) is 43.7 Å². The van der Waals surface area contributed by atoms with Crippen molar-refractivity contribution < 1.29 is 9.59 Å². The van der Waals surface area contributed by atoms with Gasteiger partial charge in [-0.15, -0.1) is 12.4 Å². The highest BCUT2D eigenvalue weighted by molar-refractivity contribution is 5.89. The molecule has 144 valence electrons. The molecule has 0 aromatic heterocycles. The molecule has 2 atom stereocenters. The molecule has 4 N–H and O–H groups in total. The Morgan fingerprint density at radius 3 is 2.38 bits per heavy atom. The zero-order valence-corrected chi connectivity index (χ0v) is 15.8. The van der Waals surface area contributed by atoms with E-state index in [1.54, 1.807) is 0 Å². The van der Waals surface area contributed by atoms with Crippen molar-refractivity contribution in [2.45, 2.75) is 50.6 Å². The van der Waals surface area contributed by atoms with E-state index in [2.05, 4.69) is 10.6 Å². The van der Waals surface area contributed by atoms with Crippen LogP contribution in [0.25, 0.3) is 0 Å². The lowest BCUT2D eigenvalue weighted by Gasteiger charge is -2.32. The van der Waals surface area contributed by atoms with Gasteiger partial charge in [-0.2, -0.15) is 0 Å². The zero-order valence-electron chi connectivity index (χ0n) is 15.0. The van der Waals surface area contributed by atoms with E-state index in [4.69, 9.17) is 5.73 Å². The molecule has 26 heavy (non-hydrogen) atoms. The number of nitrogens with two attached hydrogens (primary N) is 1. The molecule has 2 fully saturated rings. The quantitative estimate of drug-likeness (QED) is 0.750. The Morgan fingerprint density at radius 2 is 1.77 bits per heavy atom. The summed E-state index contributed by atoms with van der Waals surface area (Å²) in [7, 11) is 0. The lowest BCUT2D eigenvalue weighted by Crippen LogP contribution is -2.48. The molecule has 0 radical (unpaired) electrons. The number of halogens is 1. The molecule has 1 aromatic rings. The van der Waals surface area contributed by atoms with Crippen LogP contribution in [0.4, 0.5) is 10.5 Å².